The molecule has 0 saturated carbocycles. The van der Waals surface area contributed by atoms with Crippen molar-refractivity contribution in [2.75, 3.05) is 33.0 Å². The molecule has 11 unspecified atom stereocenters. The molecule has 0 spiro atoms. The highest BCUT2D eigenvalue weighted by atomic mass is 16.7. The Hall–Kier alpha value is -3.61. The van der Waals surface area contributed by atoms with E-state index in [0.717, 1.165) is 116 Å². The van der Waals surface area contributed by atoms with E-state index in [1.54, 1.807) is 0 Å². The number of aliphatic hydroxyl groups excluding tert-OH is 7. The molecule has 2 rings (SSSR count). The van der Waals surface area contributed by atoms with Gasteiger partial charge in [0, 0.05) is 13.0 Å². The average molecular weight is 1140 g/mol. The van der Waals surface area contributed by atoms with Crippen LogP contribution in [0, 0.1) is 0 Å². The van der Waals surface area contributed by atoms with Crippen LogP contribution in [-0.4, -0.2) is 142 Å². The van der Waals surface area contributed by atoms with E-state index in [1.165, 1.54) is 51.4 Å². The predicted molar refractivity (Wildman–Crippen MR) is 325 cm³/mol. The number of unbranched alkanes of at least 4 members (excludes halogenated alkanes) is 15. The van der Waals surface area contributed by atoms with Crippen LogP contribution in [0.25, 0.3) is 0 Å². The highest BCUT2D eigenvalue weighted by Crippen LogP contribution is 2.26. The molecule has 81 heavy (non-hydrogen) atoms. The highest BCUT2D eigenvalue weighted by Gasteiger charge is 2.47. The average Bonchev–Trinajstić information content (AvgIpc) is 3.57. The normalized spacial score (nSPS) is 24.6. The van der Waals surface area contributed by atoms with Crippen molar-refractivity contribution in [2.24, 2.45) is 0 Å². The topological polar surface area (TPSA) is 214 Å². The van der Waals surface area contributed by atoms with E-state index in [4.69, 9.17) is 28.4 Å². The summed E-state index contributed by atoms with van der Waals surface area (Å²) in [5.41, 5.74) is 0. The van der Waals surface area contributed by atoms with Gasteiger partial charge >= 0.3 is 5.97 Å². The first-order valence-electron chi connectivity index (χ1n) is 31.1. The smallest absolute Gasteiger partial charge is 0.306 e. The van der Waals surface area contributed by atoms with Crippen LogP contribution in [0.4, 0.5) is 0 Å². The Labute approximate surface area is 488 Å². The molecular weight excluding hydrogens is 1030 g/mol. The minimum Gasteiger partial charge on any atom is -0.457 e. The Morgan fingerprint density at radius 1 is 0.407 bits per heavy atom. The van der Waals surface area contributed by atoms with Crippen molar-refractivity contribution >= 4 is 5.97 Å². The quantitative estimate of drug-likeness (QED) is 0.0172. The number of rotatable bonds is 49. The van der Waals surface area contributed by atoms with Gasteiger partial charge in [-0.1, -0.05) is 206 Å². The van der Waals surface area contributed by atoms with E-state index < -0.39 is 86.7 Å². The van der Waals surface area contributed by atoms with E-state index in [2.05, 4.69) is 135 Å². The maximum Gasteiger partial charge on any atom is 0.306 e. The van der Waals surface area contributed by atoms with Gasteiger partial charge in [0.15, 0.2) is 12.6 Å². The van der Waals surface area contributed by atoms with Crippen LogP contribution in [-0.2, 0) is 33.2 Å². The van der Waals surface area contributed by atoms with Crippen LogP contribution >= 0.6 is 0 Å². The molecule has 0 aromatic rings. The number of carbonyl (C=O) groups excluding carboxylic acids is 1. The van der Waals surface area contributed by atoms with Gasteiger partial charge in [0.1, 0.15) is 54.9 Å². The van der Waals surface area contributed by atoms with E-state index >= 15 is 0 Å². The van der Waals surface area contributed by atoms with Gasteiger partial charge < -0.3 is 64.2 Å². The fourth-order valence-electron chi connectivity index (χ4n) is 9.04. The third kappa shape index (κ3) is 38.1. The second-order valence-electron chi connectivity index (χ2n) is 21.1. The fraction of sp³-hybridized carbons (Fsp3) is 0.687. The van der Waals surface area contributed by atoms with E-state index in [9.17, 15) is 40.5 Å². The molecule has 2 aliphatic rings. The van der Waals surface area contributed by atoms with Crippen molar-refractivity contribution in [3.63, 3.8) is 0 Å². The zero-order chi connectivity index (χ0) is 58.6. The second kappa shape index (κ2) is 52.0. The molecule has 0 aliphatic carbocycles. The summed E-state index contributed by atoms with van der Waals surface area (Å²) < 4.78 is 34.4. The van der Waals surface area contributed by atoms with E-state index in [0.29, 0.717) is 13.0 Å². The molecular formula is C67H110O14. The molecule has 462 valence electrons. The van der Waals surface area contributed by atoms with Crippen molar-refractivity contribution in [1.82, 2.24) is 0 Å². The second-order valence-corrected chi connectivity index (χ2v) is 21.1. The van der Waals surface area contributed by atoms with Crippen LogP contribution in [0.15, 0.2) is 122 Å². The highest BCUT2D eigenvalue weighted by molar-refractivity contribution is 5.69. The lowest BCUT2D eigenvalue weighted by atomic mass is 9.98. The Bertz CT molecular complexity index is 1800. The number of ether oxygens (including phenoxy) is 6. The molecule has 2 saturated heterocycles. The van der Waals surface area contributed by atoms with Gasteiger partial charge in [-0.05, 0) is 103 Å². The van der Waals surface area contributed by atoms with Crippen LogP contribution in [0.2, 0.25) is 0 Å². The molecule has 0 aromatic carbocycles. The van der Waals surface area contributed by atoms with E-state index in [-0.39, 0.29) is 19.6 Å². The number of hydrogen-bond acceptors (Lipinski definition) is 14. The molecule has 2 aliphatic heterocycles. The van der Waals surface area contributed by atoms with Crippen molar-refractivity contribution in [2.45, 2.75) is 261 Å². The van der Waals surface area contributed by atoms with Gasteiger partial charge in [0.25, 0.3) is 0 Å². The first kappa shape index (κ1) is 73.5. The van der Waals surface area contributed by atoms with Crippen LogP contribution in [0.1, 0.15) is 194 Å². The maximum absolute atomic E-state index is 13.1. The Morgan fingerprint density at radius 3 is 1.20 bits per heavy atom. The van der Waals surface area contributed by atoms with Gasteiger partial charge in [0.2, 0.25) is 0 Å². The number of esters is 1. The summed E-state index contributed by atoms with van der Waals surface area (Å²) >= 11 is 0. The van der Waals surface area contributed by atoms with Crippen molar-refractivity contribution in [3.05, 3.63) is 122 Å². The lowest BCUT2D eigenvalue weighted by Gasteiger charge is -2.42. The summed E-state index contributed by atoms with van der Waals surface area (Å²) in [6.45, 7) is 3.37. The molecule has 0 aromatic heterocycles. The Kier molecular flexibility index (Phi) is 47.2. The SMILES string of the molecule is CC/C=C\C/C=C\C/C=C\C/C=C\C/C=C\C/C=C\CCCCCOCC(COC1OC(COC2OC(CO)C(O)C(O)C2O)C(O)C(O)C1O)OC(=O)CCCCCCCCCCCCCC/C=C\C/C=C\C/C=C\C/C=C\CC. The summed E-state index contributed by atoms with van der Waals surface area (Å²) in [7, 11) is 0. The first-order valence-corrected chi connectivity index (χ1v) is 31.1. The largest absolute Gasteiger partial charge is 0.457 e. The lowest BCUT2D eigenvalue weighted by molar-refractivity contribution is -0.332. The van der Waals surface area contributed by atoms with E-state index in [1.807, 2.05) is 0 Å². The summed E-state index contributed by atoms with van der Waals surface area (Å²) in [6, 6.07) is 0. The molecule has 14 heteroatoms. The minimum absolute atomic E-state index is 0.0303. The molecule has 11 atom stereocenters. The number of aliphatic hydroxyl groups is 7. The van der Waals surface area contributed by atoms with Crippen LogP contribution < -0.4 is 0 Å². The molecule has 0 amide bonds. The predicted octanol–water partition coefficient (Wildman–Crippen LogP) is 12.1. The number of carbonyl (C=O) groups is 1. The third-order valence-corrected chi connectivity index (χ3v) is 14.0. The third-order valence-electron chi connectivity index (χ3n) is 14.0. The van der Waals surface area contributed by atoms with Crippen molar-refractivity contribution < 1.29 is 69.0 Å². The van der Waals surface area contributed by atoms with Gasteiger partial charge in [-0.3, -0.25) is 4.79 Å². The maximum atomic E-state index is 13.1. The Balaban J connectivity index is 1.71. The monoisotopic (exact) mass is 1140 g/mol. The van der Waals surface area contributed by atoms with Crippen LogP contribution in [0.3, 0.4) is 0 Å². The molecule has 2 heterocycles. The van der Waals surface area contributed by atoms with Crippen molar-refractivity contribution in [1.29, 1.82) is 0 Å². The standard InChI is InChI=1S/C67H110O14/c1-3-5-7-9-11-13-15-17-19-21-23-25-27-28-29-30-32-34-36-38-40-42-44-46-48-50-59(69)79-56(53-76-51-49-47-45-43-41-39-37-35-33-31-26-24-22-20-18-16-14-12-10-8-6-4-2)54-77-66-65(75)63(73)61(71)58(81-66)55-78-67-64(74)62(72)60(70)57(52-68)80-67/h5-8,11-14,17-20,23-26,33,35,39,41,56-58,60-68,70-75H,3-4,9-10,15-16,21-22,27-32,34,36-38,40,42-55H2,1-2H3/b7-5-,8-6-,13-11-,14-12-,19-17-,20-18-,25-23-,26-24-,35-33-,41-39-. The lowest BCUT2D eigenvalue weighted by Crippen LogP contribution is -2.61. The summed E-state index contributed by atoms with van der Waals surface area (Å²) in [6.07, 6.45) is 56.9. The zero-order valence-corrected chi connectivity index (χ0v) is 49.7. The van der Waals surface area contributed by atoms with Gasteiger partial charge in [-0.2, -0.15) is 0 Å². The molecule has 7 N–H and O–H groups in total. The number of hydrogen-bond donors (Lipinski definition) is 7. The summed E-state index contributed by atoms with van der Waals surface area (Å²) in [5, 5.41) is 72.5. The fourth-order valence-corrected chi connectivity index (χ4v) is 9.04. The molecule has 14 nitrogen and oxygen atoms in total. The first-order chi connectivity index (χ1) is 39.6. The Morgan fingerprint density at radius 2 is 0.765 bits per heavy atom. The van der Waals surface area contributed by atoms with Crippen LogP contribution in [0.5, 0.6) is 0 Å². The summed E-state index contributed by atoms with van der Waals surface area (Å²) in [5.74, 6) is -0.395. The van der Waals surface area contributed by atoms with Gasteiger partial charge in [-0.25, -0.2) is 0 Å². The summed E-state index contributed by atoms with van der Waals surface area (Å²) in [4.78, 5) is 13.1. The molecule has 0 radical (unpaired) electrons. The van der Waals surface area contributed by atoms with Crippen molar-refractivity contribution in [3.8, 4) is 0 Å². The minimum atomic E-state index is -1.72. The van der Waals surface area contributed by atoms with Gasteiger partial charge in [0.05, 0.1) is 26.4 Å². The molecule has 0 bridgehead atoms. The number of allylic oxidation sites excluding steroid dienone is 20. The van der Waals surface area contributed by atoms with Gasteiger partial charge in [-0.15, -0.1) is 0 Å². The molecule has 2 fully saturated rings. The zero-order valence-electron chi connectivity index (χ0n) is 49.7.